The standard InChI is InChI=1S/C31H39ClN6O5.C2HF3O2/c1-3-42-27(39)18-37(2)30(40)21-10-13-33-28-24(16-21)29(35-19-34-28)36-22-8-9-26(25(32)17-22)43-23-11-14-38(15-12-23)31(41)20-6-4-5-7-20;3-2(4,5)1(6)7/h8-9,16-17,19-20,23H,3-7,10-15,18H2,1-2H3,(H2,33,34,35,36);(H,6,7). The first-order valence-corrected chi connectivity index (χ1v) is 16.7. The number of aliphatic carboxylic acids is 1. The lowest BCUT2D eigenvalue weighted by Gasteiger charge is -2.33. The fraction of sp³-hybridized carbons (Fsp3) is 0.515. The van der Waals surface area contributed by atoms with E-state index in [1.165, 1.54) is 11.2 Å². The molecule has 2 aliphatic heterocycles. The van der Waals surface area contributed by atoms with Gasteiger partial charge in [-0.05, 0) is 50.5 Å². The lowest BCUT2D eigenvalue weighted by molar-refractivity contribution is -0.192. The Morgan fingerprint density at radius 1 is 1.12 bits per heavy atom. The smallest absolute Gasteiger partial charge is 0.489 e. The van der Waals surface area contributed by atoms with Crippen molar-refractivity contribution in [1.82, 2.24) is 19.8 Å². The summed E-state index contributed by atoms with van der Waals surface area (Å²) in [6, 6.07) is 5.46. The van der Waals surface area contributed by atoms with Crippen LogP contribution >= 0.6 is 11.6 Å². The number of amides is 2. The van der Waals surface area contributed by atoms with Gasteiger partial charge >= 0.3 is 18.1 Å². The molecule has 0 radical (unpaired) electrons. The van der Waals surface area contributed by atoms with E-state index in [0.717, 1.165) is 38.5 Å². The number of carboxylic acids is 1. The van der Waals surface area contributed by atoms with Gasteiger partial charge in [-0.15, -0.1) is 0 Å². The second-order valence-corrected chi connectivity index (χ2v) is 12.4. The maximum absolute atomic E-state index is 13.1. The zero-order valence-corrected chi connectivity index (χ0v) is 28.5. The fourth-order valence-electron chi connectivity index (χ4n) is 5.84. The lowest BCUT2D eigenvalue weighted by atomic mass is 10.0. The van der Waals surface area contributed by atoms with Gasteiger partial charge in [-0.3, -0.25) is 14.4 Å². The first-order valence-electron chi connectivity index (χ1n) is 16.3. The first-order chi connectivity index (χ1) is 23.8. The van der Waals surface area contributed by atoms with Gasteiger partial charge in [0.2, 0.25) is 11.8 Å². The number of carbonyl (C=O) groups excluding carboxylic acids is 3. The number of halogens is 4. The van der Waals surface area contributed by atoms with Crippen LogP contribution in [0.4, 0.5) is 30.5 Å². The van der Waals surface area contributed by atoms with Crippen LogP contribution in [0, 0.1) is 5.92 Å². The molecule has 2 fully saturated rings. The Labute approximate surface area is 292 Å². The summed E-state index contributed by atoms with van der Waals surface area (Å²) in [4.78, 5) is 58.8. The quantitative estimate of drug-likeness (QED) is 0.288. The Morgan fingerprint density at radius 2 is 1.80 bits per heavy atom. The van der Waals surface area contributed by atoms with Crippen molar-refractivity contribution in [2.75, 3.05) is 50.5 Å². The molecule has 272 valence electrons. The molecule has 1 aliphatic carbocycles. The van der Waals surface area contributed by atoms with Crippen molar-refractivity contribution < 1.29 is 46.9 Å². The molecule has 1 aromatic heterocycles. The van der Waals surface area contributed by atoms with Gasteiger partial charge in [0.1, 0.15) is 36.4 Å². The molecule has 0 bridgehead atoms. The summed E-state index contributed by atoms with van der Waals surface area (Å²) in [6.45, 7) is 3.77. The highest BCUT2D eigenvalue weighted by atomic mass is 35.5. The highest BCUT2D eigenvalue weighted by Crippen LogP contribution is 2.34. The fourth-order valence-corrected chi connectivity index (χ4v) is 6.06. The number of esters is 1. The van der Waals surface area contributed by atoms with E-state index in [1.807, 2.05) is 17.0 Å². The van der Waals surface area contributed by atoms with Crippen molar-refractivity contribution in [3.63, 3.8) is 0 Å². The molecule has 50 heavy (non-hydrogen) atoms. The number of nitrogens with zero attached hydrogens (tertiary/aromatic N) is 4. The largest absolute Gasteiger partial charge is 0.490 e. The summed E-state index contributed by atoms with van der Waals surface area (Å²) < 4.78 is 43.0. The number of ether oxygens (including phenoxy) is 2. The number of carboxylic acid groups (broad SMARTS) is 1. The molecule has 0 unspecified atom stereocenters. The number of aromatic nitrogens is 2. The Kier molecular flexibility index (Phi) is 13.3. The molecule has 3 aliphatic rings. The van der Waals surface area contributed by atoms with Crippen LogP contribution < -0.4 is 15.4 Å². The van der Waals surface area contributed by atoms with E-state index in [9.17, 15) is 27.6 Å². The molecule has 1 aromatic carbocycles. The third-order valence-corrected chi connectivity index (χ3v) is 8.67. The Hall–Kier alpha value is -4.60. The number of likely N-dealkylation sites (N-methyl/N-ethyl adjacent to an activating group) is 1. The summed E-state index contributed by atoms with van der Waals surface area (Å²) >= 11 is 6.64. The molecule has 3 N–H and O–H groups in total. The number of hydrogen-bond acceptors (Lipinski definition) is 10. The van der Waals surface area contributed by atoms with Crippen molar-refractivity contribution in [3.05, 3.63) is 40.7 Å². The average Bonchev–Trinajstić information content (AvgIpc) is 3.52. The van der Waals surface area contributed by atoms with E-state index < -0.39 is 18.1 Å². The van der Waals surface area contributed by atoms with Gasteiger partial charge in [0.25, 0.3) is 0 Å². The van der Waals surface area contributed by atoms with Crippen LogP contribution in [0.15, 0.2) is 30.1 Å². The molecular weight excluding hydrogens is 685 g/mol. The van der Waals surface area contributed by atoms with E-state index in [0.29, 0.717) is 71.2 Å². The summed E-state index contributed by atoms with van der Waals surface area (Å²) in [5.74, 6) is -1.29. The Morgan fingerprint density at radius 3 is 2.42 bits per heavy atom. The maximum atomic E-state index is 13.1. The minimum atomic E-state index is -5.08. The summed E-state index contributed by atoms with van der Waals surface area (Å²) in [7, 11) is 1.57. The van der Waals surface area contributed by atoms with Crippen molar-refractivity contribution >= 4 is 58.8 Å². The second kappa shape index (κ2) is 17.4. The van der Waals surface area contributed by atoms with Crippen LogP contribution in [-0.4, -0.2) is 101 Å². The van der Waals surface area contributed by atoms with Gasteiger partial charge in [-0.25, -0.2) is 14.8 Å². The zero-order valence-electron chi connectivity index (χ0n) is 27.7. The van der Waals surface area contributed by atoms with Gasteiger partial charge in [0.05, 0.1) is 17.2 Å². The zero-order chi connectivity index (χ0) is 36.4. The molecule has 0 spiro atoms. The van der Waals surface area contributed by atoms with Crippen LogP contribution in [0.25, 0.3) is 6.08 Å². The molecule has 1 saturated carbocycles. The molecule has 2 aromatic rings. The average molecular weight is 725 g/mol. The number of anilines is 3. The number of fused-ring (bicyclic) bond motifs is 1. The number of carbonyl (C=O) groups is 4. The van der Waals surface area contributed by atoms with Crippen molar-refractivity contribution in [2.45, 2.75) is 64.1 Å². The van der Waals surface area contributed by atoms with Crippen LogP contribution in [0.1, 0.15) is 57.4 Å². The van der Waals surface area contributed by atoms with Gasteiger partial charge < -0.3 is 35.0 Å². The molecular formula is C33H40ClF3N6O7. The highest BCUT2D eigenvalue weighted by molar-refractivity contribution is 6.32. The molecule has 13 nitrogen and oxygen atoms in total. The molecule has 1 saturated heterocycles. The number of nitrogens with one attached hydrogen (secondary N) is 2. The third kappa shape index (κ3) is 10.5. The normalized spacial score (nSPS) is 16.4. The topological polar surface area (TPSA) is 163 Å². The van der Waals surface area contributed by atoms with E-state index in [-0.39, 0.29) is 31.1 Å². The predicted molar refractivity (Wildman–Crippen MR) is 178 cm³/mol. The van der Waals surface area contributed by atoms with Gasteiger partial charge in [0, 0.05) is 56.7 Å². The first kappa shape index (κ1) is 38.2. The van der Waals surface area contributed by atoms with Crippen molar-refractivity contribution in [3.8, 4) is 5.75 Å². The predicted octanol–water partition coefficient (Wildman–Crippen LogP) is 5.29. The van der Waals surface area contributed by atoms with Crippen molar-refractivity contribution in [1.29, 1.82) is 0 Å². The number of alkyl halides is 3. The Balaban J connectivity index is 0.000000727. The molecule has 3 heterocycles. The van der Waals surface area contributed by atoms with E-state index in [1.54, 1.807) is 26.1 Å². The minimum absolute atomic E-state index is 0.00398. The molecule has 0 atom stereocenters. The summed E-state index contributed by atoms with van der Waals surface area (Å²) in [6.07, 6.45) is 4.47. The summed E-state index contributed by atoms with van der Waals surface area (Å²) in [5.41, 5.74) is 1.84. The van der Waals surface area contributed by atoms with Crippen LogP contribution in [0.3, 0.4) is 0 Å². The lowest BCUT2D eigenvalue weighted by Crippen LogP contribution is -2.44. The van der Waals surface area contributed by atoms with Gasteiger partial charge in [-0.1, -0.05) is 24.4 Å². The number of benzene rings is 1. The number of hydrogen-bond donors (Lipinski definition) is 3. The molecule has 2 amide bonds. The minimum Gasteiger partial charge on any atom is -0.489 e. The second-order valence-electron chi connectivity index (χ2n) is 12.0. The number of piperidine rings is 1. The van der Waals surface area contributed by atoms with Crippen LogP contribution in [0.2, 0.25) is 5.02 Å². The number of likely N-dealkylation sites (tertiary alicyclic amines) is 1. The van der Waals surface area contributed by atoms with Gasteiger partial charge in [-0.2, -0.15) is 13.2 Å². The van der Waals surface area contributed by atoms with Gasteiger partial charge in [0.15, 0.2) is 0 Å². The summed E-state index contributed by atoms with van der Waals surface area (Å²) in [5, 5.41) is 14.1. The maximum Gasteiger partial charge on any atom is 0.490 e. The monoisotopic (exact) mass is 724 g/mol. The highest BCUT2D eigenvalue weighted by Gasteiger charge is 2.38. The third-order valence-electron chi connectivity index (χ3n) is 8.37. The SMILES string of the molecule is CCOC(=O)CN(C)C(=O)C1=Cc2c(ncnc2Nc2ccc(OC3CCN(C(=O)C4CCCC4)CC3)c(Cl)c2)NCC1.O=C(O)C(F)(F)F. The van der Waals surface area contributed by atoms with E-state index >= 15 is 0 Å². The Bertz CT molecular complexity index is 1580. The van der Waals surface area contributed by atoms with Crippen molar-refractivity contribution in [2.24, 2.45) is 5.92 Å². The number of rotatable bonds is 9. The van der Waals surface area contributed by atoms with E-state index in [2.05, 4.69) is 20.6 Å². The van der Waals surface area contributed by atoms with Crippen LogP contribution in [0.5, 0.6) is 5.75 Å². The van der Waals surface area contributed by atoms with E-state index in [4.69, 9.17) is 31.0 Å². The molecule has 17 heteroatoms. The molecule has 5 rings (SSSR count). The van der Waals surface area contributed by atoms with Crippen LogP contribution in [-0.2, 0) is 23.9 Å².